The van der Waals surface area contributed by atoms with Crippen molar-refractivity contribution in [3.8, 4) is 0 Å². The topological polar surface area (TPSA) is 103 Å². The van der Waals surface area contributed by atoms with Crippen LogP contribution in [-0.4, -0.2) is 49.6 Å². The van der Waals surface area contributed by atoms with E-state index in [4.69, 9.17) is 14.2 Å². The molecule has 8 heteroatoms. The van der Waals surface area contributed by atoms with Crippen LogP contribution in [-0.2, 0) is 28.6 Å². The van der Waals surface area contributed by atoms with Crippen molar-refractivity contribution in [3.63, 3.8) is 0 Å². The Kier molecular flexibility index (Phi) is 29.4. The number of hydrogen-bond donors (Lipinski definition) is 1. The van der Waals surface area contributed by atoms with E-state index in [1.807, 2.05) is 40.0 Å². The average Bonchev–Trinajstić information content (AvgIpc) is 3.04. The normalized spacial score (nSPS) is 12.2. The molecule has 0 aliphatic carbocycles. The zero-order valence-electron chi connectivity index (χ0n) is 32.9. The number of carbonyl (C=O) groups is 3. The number of allylic oxidation sites excluding steroid dienone is 7. The van der Waals surface area contributed by atoms with Crippen molar-refractivity contribution < 1.29 is 28.6 Å². The minimum atomic E-state index is -0.266. The summed E-state index contributed by atoms with van der Waals surface area (Å²) in [6, 6.07) is 0. The molecule has 0 aliphatic rings. The predicted molar refractivity (Wildman–Crippen MR) is 208 cm³/mol. The molecule has 0 heterocycles. The third-order valence-electron chi connectivity index (χ3n) is 7.89. The maximum absolute atomic E-state index is 12.7. The zero-order chi connectivity index (χ0) is 37.4. The second-order valence-electron chi connectivity index (χ2n) is 13.7. The highest BCUT2D eigenvalue weighted by atomic mass is 16.5. The lowest BCUT2D eigenvalue weighted by Gasteiger charge is -2.18. The summed E-state index contributed by atoms with van der Waals surface area (Å²) in [6.07, 6.45) is 24.8. The summed E-state index contributed by atoms with van der Waals surface area (Å²) in [5.41, 5.74) is 4.63. The minimum Gasteiger partial charge on any atom is -0.463 e. The van der Waals surface area contributed by atoms with Crippen LogP contribution in [0.4, 0.5) is 0 Å². The van der Waals surface area contributed by atoms with Gasteiger partial charge in [0.05, 0.1) is 19.0 Å². The molecule has 0 atom stereocenters. The Labute approximate surface area is 305 Å². The number of nitrogens with one attached hydrogen (secondary N) is 1. The molecular formula is C42H70N2O6. The summed E-state index contributed by atoms with van der Waals surface area (Å²) in [6.45, 7) is 17.5. The lowest BCUT2D eigenvalue weighted by Crippen LogP contribution is -2.19. The van der Waals surface area contributed by atoms with Gasteiger partial charge in [-0.2, -0.15) is 0 Å². The molecule has 0 unspecified atom stereocenters. The SMILES string of the molecule is C/C=C\NC(C)=NCCCC(=O)OC(CCCCCCOC(=O)/C=C(\C)CCC=C(C)C)CCCCCCOC(=O)/C=C(\C)CCC=C(C)C. The van der Waals surface area contributed by atoms with E-state index in [2.05, 4.69) is 50.2 Å². The van der Waals surface area contributed by atoms with Crippen molar-refractivity contribution in [1.82, 2.24) is 5.32 Å². The van der Waals surface area contributed by atoms with Crippen molar-refractivity contribution >= 4 is 23.7 Å². The highest BCUT2D eigenvalue weighted by Gasteiger charge is 2.14. The summed E-state index contributed by atoms with van der Waals surface area (Å²) in [4.78, 5) is 41.3. The minimum absolute atomic E-state index is 0.112. The Morgan fingerprint density at radius 1 is 0.640 bits per heavy atom. The number of nitrogens with zero attached hydrogens (tertiary/aromatic N) is 1. The van der Waals surface area contributed by atoms with E-state index in [1.165, 1.54) is 11.1 Å². The monoisotopic (exact) mass is 699 g/mol. The highest BCUT2D eigenvalue weighted by Crippen LogP contribution is 2.17. The maximum atomic E-state index is 12.7. The van der Waals surface area contributed by atoms with Crippen LogP contribution in [0.5, 0.6) is 0 Å². The number of carbonyl (C=O) groups excluding carboxylic acids is 3. The number of unbranched alkanes of at least 4 members (excludes halogenated alkanes) is 6. The molecule has 0 bridgehead atoms. The Balaban J connectivity index is 4.57. The Bertz CT molecular complexity index is 1070. The standard InChI is InChI=1S/C42H70N2O6/c1-9-28-43-38(8)44-29-20-27-40(45)50-39(25-14-10-12-16-30-48-41(46)32-36(6)23-18-21-34(2)3)26-15-11-13-17-31-49-42(47)33-37(7)24-19-22-35(4)5/h9,21-22,28,32-33,39H,10-20,23-27,29-31H2,1-8H3,(H,43,44)/b28-9-,36-32+,37-33+. The fourth-order valence-electron chi connectivity index (χ4n) is 5.03. The van der Waals surface area contributed by atoms with E-state index < -0.39 is 0 Å². The quantitative estimate of drug-likeness (QED) is 0.0165. The fourth-order valence-corrected chi connectivity index (χ4v) is 5.03. The number of aliphatic imine (C=N–C) groups is 1. The van der Waals surface area contributed by atoms with Gasteiger partial charge < -0.3 is 19.5 Å². The second-order valence-corrected chi connectivity index (χ2v) is 13.7. The molecule has 0 aliphatic heterocycles. The number of hydrogen-bond acceptors (Lipinski definition) is 7. The number of esters is 3. The molecule has 0 aromatic rings. The van der Waals surface area contributed by atoms with Gasteiger partial charge in [0.25, 0.3) is 0 Å². The van der Waals surface area contributed by atoms with Gasteiger partial charge in [0.2, 0.25) is 0 Å². The number of ether oxygens (including phenoxy) is 3. The van der Waals surface area contributed by atoms with E-state index in [1.54, 1.807) is 12.2 Å². The Morgan fingerprint density at radius 3 is 1.58 bits per heavy atom. The highest BCUT2D eigenvalue weighted by molar-refractivity contribution is 5.83. The van der Waals surface area contributed by atoms with Gasteiger partial charge in [-0.05, 0) is 132 Å². The smallest absolute Gasteiger partial charge is 0.330 e. The summed E-state index contributed by atoms with van der Waals surface area (Å²) < 4.78 is 16.7. The lowest BCUT2D eigenvalue weighted by atomic mass is 10.0. The maximum Gasteiger partial charge on any atom is 0.330 e. The summed E-state index contributed by atoms with van der Waals surface area (Å²) in [5, 5.41) is 3.08. The molecule has 0 aromatic carbocycles. The van der Waals surface area contributed by atoms with E-state index in [0.29, 0.717) is 32.6 Å². The molecular weight excluding hydrogens is 628 g/mol. The molecule has 0 spiro atoms. The Morgan fingerprint density at radius 2 is 1.12 bits per heavy atom. The van der Waals surface area contributed by atoms with Gasteiger partial charge in [-0.15, -0.1) is 0 Å². The van der Waals surface area contributed by atoms with Crippen molar-refractivity contribution in [2.24, 2.45) is 4.99 Å². The largest absolute Gasteiger partial charge is 0.463 e. The molecule has 0 amide bonds. The third kappa shape index (κ3) is 31.8. The van der Waals surface area contributed by atoms with Crippen LogP contribution >= 0.6 is 0 Å². The van der Waals surface area contributed by atoms with Gasteiger partial charge in [-0.25, -0.2) is 9.59 Å². The van der Waals surface area contributed by atoms with Gasteiger partial charge >= 0.3 is 17.9 Å². The van der Waals surface area contributed by atoms with Crippen molar-refractivity contribution in [3.05, 3.63) is 58.9 Å². The lowest BCUT2D eigenvalue weighted by molar-refractivity contribution is -0.150. The van der Waals surface area contributed by atoms with Crippen molar-refractivity contribution in [1.29, 1.82) is 0 Å². The van der Waals surface area contributed by atoms with Crippen LogP contribution in [0.25, 0.3) is 0 Å². The molecule has 0 saturated carbocycles. The first kappa shape index (κ1) is 46.6. The number of rotatable bonds is 28. The van der Waals surface area contributed by atoms with Gasteiger partial charge in [-0.1, -0.05) is 66.2 Å². The third-order valence-corrected chi connectivity index (χ3v) is 7.89. The van der Waals surface area contributed by atoms with Crippen LogP contribution < -0.4 is 5.32 Å². The summed E-state index contributed by atoms with van der Waals surface area (Å²) >= 11 is 0. The molecule has 284 valence electrons. The van der Waals surface area contributed by atoms with Crippen molar-refractivity contribution in [2.75, 3.05) is 19.8 Å². The van der Waals surface area contributed by atoms with Gasteiger partial charge in [-0.3, -0.25) is 9.79 Å². The molecule has 0 radical (unpaired) electrons. The van der Waals surface area contributed by atoms with E-state index in [-0.39, 0.29) is 24.0 Å². The molecule has 8 nitrogen and oxygen atoms in total. The van der Waals surface area contributed by atoms with Crippen molar-refractivity contribution in [2.45, 2.75) is 164 Å². The van der Waals surface area contributed by atoms with Gasteiger partial charge in [0.15, 0.2) is 0 Å². The first-order chi connectivity index (χ1) is 23.9. The second kappa shape index (κ2) is 31.6. The van der Waals surface area contributed by atoms with Gasteiger partial charge in [0.1, 0.15) is 6.10 Å². The molecule has 50 heavy (non-hydrogen) atoms. The number of amidine groups is 1. The van der Waals surface area contributed by atoms with Crippen LogP contribution in [0, 0.1) is 0 Å². The zero-order valence-corrected chi connectivity index (χ0v) is 32.9. The van der Waals surface area contributed by atoms with E-state index in [9.17, 15) is 14.4 Å². The fraction of sp³-hybridized carbons (Fsp3) is 0.667. The first-order valence-corrected chi connectivity index (χ1v) is 19.0. The van der Waals surface area contributed by atoms with Crippen LogP contribution in [0.15, 0.2) is 63.9 Å². The Hall–Kier alpha value is -3.42. The summed E-state index contributed by atoms with van der Waals surface area (Å²) in [7, 11) is 0. The molecule has 0 fully saturated rings. The summed E-state index contributed by atoms with van der Waals surface area (Å²) in [5.74, 6) is 0.119. The first-order valence-electron chi connectivity index (χ1n) is 19.0. The molecule has 0 saturated heterocycles. The van der Waals surface area contributed by atoms with Crippen LogP contribution in [0.3, 0.4) is 0 Å². The van der Waals surface area contributed by atoms with Gasteiger partial charge in [0, 0.05) is 25.1 Å². The van der Waals surface area contributed by atoms with Crippen LogP contribution in [0.1, 0.15) is 158 Å². The van der Waals surface area contributed by atoms with E-state index in [0.717, 1.165) is 107 Å². The molecule has 0 rings (SSSR count). The molecule has 1 N–H and O–H groups in total. The molecule has 0 aromatic heterocycles. The predicted octanol–water partition coefficient (Wildman–Crippen LogP) is 10.6. The van der Waals surface area contributed by atoms with E-state index >= 15 is 0 Å². The van der Waals surface area contributed by atoms with Crippen LogP contribution in [0.2, 0.25) is 0 Å². The average molecular weight is 699 g/mol.